The van der Waals surface area contributed by atoms with Crippen LogP contribution in [-0.2, 0) is 6.54 Å². The van der Waals surface area contributed by atoms with Gasteiger partial charge in [-0.05, 0) is 12.1 Å². The van der Waals surface area contributed by atoms with Crippen molar-refractivity contribution in [2.45, 2.75) is 6.54 Å². The molecule has 0 amide bonds. The average Bonchev–Trinajstić information content (AvgIpc) is 2.90. The molecule has 0 unspecified atom stereocenters. The zero-order chi connectivity index (χ0) is 13.9. The van der Waals surface area contributed by atoms with Crippen LogP contribution in [0.2, 0.25) is 0 Å². The molecular formula is C13H9FN4O2. The first kappa shape index (κ1) is 12.2. The van der Waals surface area contributed by atoms with E-state index in [4.69, 9.17) is 4.52 Å². The first-order valence-electron chi connectivity index (χ1n) is 5.81. The largest absolute Gasteiger partial charge is 0.337 e. The van der Waals surface area contributed by atoms with Crippen LogP contribution < -0.4 is 5.56 Å². The Balaban J connectivity index is 1.88. The molecule has 1 aromatic carbocycles. The van der Waals surface area contributed by atoms with Gasteiger partial charge in [-0.2, -0.15) is 4.98 Å². The highest BCUT2D eigenvalue weighted by Gasteiger charge is 2.10. The fourth-order valence-electron chi connectivity index (χ4n) is 1.71. The summed E-state index contributed by atoms with van der Waals surface area (Å²) >= 11 is 0. The van der Waals surface area contributed by atoms with Gasteiger partial charge in [-0.15, -0.1) is 0 Å². The van der Waals surface area contributed by atoms with Crippen molar-refractivity contribution in [3.63, 3.8) is 0 Å². The Labute approximate surface area is 112 Å². The third-order valence-corrected chi connectivity index (χ3v) is 2.65. The van der Waals surface area contributed by atoms with Gasteiger partial charge in [-0.3, -0.25) is 9.36 Å². The standard InChI is InChI=1S/C13H9FN4O2/c14-10-3-1-2-9(6-10)13-16-11(20-17-13)7-18-8-15-5-4-12(18)19/h1-6,8H,7H2. The molecule has 6 nitrogen and oxygen atoms in total. The summed E-state index contributed by atoms with van der Waals surface area (Å²) in [6.07, 6.45) is 2.79. The summed E-state index contributed by atoms with van der Waals surface area (Å²) in [4.78, 5) is 19.5. The van der Waals surface area contributed by atoms with Gasteiger partial charge in [0.15, 0.2) is 0 Å². The van der Waals surface area contributed by atoms with Crippen molar-refractivity contribution in [3.05, 3.63) is 64.9 Å². The zero-order valence-electron chi connectivity index (χ0n) is 10.2. The van der Waals surface area contributed by atoms with Gasteiger partial charge in [0.2, 0.25) is 11.7 Å². The molecule has 0 N–H and O–H groups in total. The maximum atomic E-state index is 13.1. The summed E-state index contributed by atoms with van der Waals surface area (Å²) in [5.41, 5.74) is 0.295. The highest BCUT2D eigenvalue weighted by Crippen LogP contribution is 2.16. The van der Waals surface area contributed by atoms with Gasteiger partial charge in [0.25, 0.3) is 5.56 Å². The van der Waals surface area contributed by atoms with Gasteiger partial charge in [0, 0.05) is 17.8 Å². The van der Waals surface area contributed by atoms with Crippen LogP contribution in [0.1, 0.15) is 5.89 Å². The summed E-state index contributed by atoms with van der Waals surface area (Å²) in [6, 6.07) is 7.22. The molecule has 0 aliphatic rings. The van der Waals surface area contributed by atoms with E-state index in [1.165, 1.54) is 35.3 Å². The Morgan fingerprint density at radius 2 is 2.20 bits per heavy atom. The van der Waals surface area contributed by atoms with E-state index in [0.29, 0.717) is 5.56 Å². The number of halogens is 1. The van der Waals surface area contributed by atoms with Crippen LogP contribution in [0.15, 0.2) is 52.2 Å². The van der Waals surface area contributed by atoms with E-state index in [9.17, 15) is 9.18 Å². The second-order valence-corrected chi connectivity index (χ2v) is 4.07. The van der Waals surface area contributed by atoms with E-state index in [-0.39, 0.29) is 29.6 Å². The molecule has 0 saturated heterocycles. The molecule has 20 heavy (non-hydrogen) atoms. The predicted octanol–water partition coefficient (Wildman–Crippen LogP) is 1.48. The van der Waals surface area contributed by atoms with Crippen LogP contribution in [0, 0.1) is 5.82 Å². The van der Waals surface area contributed by atoms with Crippen molar-refractivity contribution in [1.29, 1.82) is 0 Å². The van der Waals surface area contributed by atoms with Crippen LogP contribution >= 0.6 is 0 Å². The maximum absolute atomic E-state index is 13.1. The minimum atomic E-state index is -0.377. The Hall–Kier alpha value is -2.83. The summed E-state index contributed by atoms with van der Waals surface area (Å²) in [5.74, 6) is 0.146. The molecule has 100 valence electrons. The smallest absolute Gasteiger partial charge is 0.253 e. The van der Waals surface area contributed by atoms with Crippen molar-refractivity contribution < 1.29 is 8.91 Å². The van der Waals surface area contributed by atoms with E-state index in [0.717, 1.165) is 0 Å². The minimum absolute atomic E-state index is 0.120. The Kier molecular flexibility index (Phi) is 3.08. The molecule has 0 spiro atoms. The summed E-state index contributed by atoms with van der Waals surface area (Å²) in [7, 11) is 0. The van der Waals surface area contributed by atoms with Gasteiger partial charge in [0.05, 0.1) is 6.33 Å². The van der Waals surface area contributed by atoms with Crippen LogP contribution in [0.3, 0.4) is 0 Å². The maximum Gasteiger partial charge on any atom is 0.253 e. The second kappa shape index (κ2) is 5.04. The van der Waals surface area contributed by atoms with Crippen LogP contribution in [-0.4, -0.2) is 19.7 Å². The third kappa shape index (κ3) is 2.46. The van der Waals surface area contributed by atoms with E-state index in [2.05, 4.69) is 15.1 Å². The topological polar surface area (TPSA) is 73.8 Å². The highest BCUT2D eigenvalue weighted by atomic mass is 19.1. The van der Waals surface area contributed by atoms with E-state index < -0.39 is 0 Å². The van der Waals surface area contributed by atoms with E-state index in [1.54, 1.807) is 12.1 Å². The Bertz CT molecular complexity index is 797. The molecule has 2 aromatic heterocycles. The number of nitrogens with zero attached hydrogens (tertiary/aromatic N) is 4. The van der Waals surface area contributed by atoms with Gasteiger partial charge in [-0.25, -0.2) is 9.37 Å². The molecule has 0 fully saturated rings. The first-order valence-corrected chi connectivity index (χ1v) is 5.81. The normalized spacial score (nSPS) is 10.7. The Morgan fingerprint density at radius 3 is 3.00 bits per heavy atom. The predicted molar refractivity (Wildman–Crippen MR) is 67.3 cm³/mol. The number of rotatable bonds is 3. The zero-order valence-corrected chi connectivity index (χ0v) is 10.2. The molecule has 3 aromatic rings. The molecule has 0 bridgehead atoms. The molecule has 2 heterocycles. The monoisotopic (exact) mass is 272 g/mol. The lowest BCUT2D eigenvalue weighted by Gasteiger charge is -1.98. The first-order chi connectivity index (χ1) is 9.72. The molecule has 0 radical (unpaired) electrons. The minimum Gasteiger partial charge on any atom is -0.337 e. The van der Waals surface area contributed by atoms with Gasteiger partial charge < -0.3 is 4.52 Å². The molecule has 0 saturated carbocycles. The van der Waals surface area contributed by atoms with Crippen molar-refractivity contribution in [2.24, 2.45) is 0 Å². The van der Waals surface area contributed by atoms with Crippen LogP contribution in [0.4, 0.5) is 4.39 Å². The second-order valence-electron chi connectivity index (χ2n) is 4.07. The number of hydrogen-bond acceptors (Lipinski definition) is 5. The van der Waals surface area contributed by atoms with Crippen LogP contribution in [0.5, 0.6) is 0 Å². The van der Waals surface area contributed by atoms with Crippen molar-refractivity contribution in [2.75, 3.05) is 0 Å². The lowest BCUT2D eigenvalue weighted by atomic mass is 10.2. The summed E-state index contributed by atoms with van der Waals surface area (Å²) in [6.45, 7) is 0.120. The number of benzene rings is 1. The van der Waals surface area contributed by atoms with Crippen molar-refractivity contribution in [3.8, 4) is 11.4 Å². The SMILES string of the molecule is O=c1ccncn1Cc1nc(-c2cccc(F)c2)no1. The highest BCUT2D eigenvalue weighted by molar-refractivity contribution is 5.53. The lowest BCUT2D eigenvalue weighted by Crippen LogP contribution is -2.19. The quantitative estimate of drug-likeness (QED) is 0.722. The molecule has 7 heteroatoms. The summed E-state index contributed by atoms with van der Waals surface area (Å²) in [5, 5.41) is 3.76. The van der Waals surface area contributed by atoms with Gasteiger partial charge >= 0.3 is 0 Å². The summed E-state index contributed by atoms with van der Waals surface area (Å²) < 4.78 is 19.5. The van der Waals surface area contributed by atoms with E-state index in [1.807, 2.05) is 0 Å². The van der Waals surface area contributed by atoms with Gasteiger partial charge in [0.1, 0.15) is 12.4 Å². The lowest BCUT2D eigenvalue weighted by molar-refractivity contribution is 0.369. The molecule has 3 rings (SSSR count). The molecule has 0 atom stereocenters. The van der Waals surface area contributed by atoms with Gasteiger partial charge in [-0.1, -0.05) is 17.3 Å². The average molecular weight is 272 g/mol. The van der Waals surface area contributed by atoms with Crippen molar-refractivity contribution in [1.82, 2.24) is 19.7 Å². The molecular weight excluding hydrogens is 263 g/mol. The Morgan fingerprint density at radius 1 is 1.30 bits per heavy atom. The molecule has 0 aliphatic carbocycles. The number of aromatic nitrogens is 4. The fraction of sp³-hybridized carbons (Fsp3) is 0.0769. The number of hydrogen-bond donors (Lipinski definition) is 0. The molecule has 0 aliphatic heterocycles. The van der Waals surface area contributed by atoms with Crippen molar-refractivity contribution >= 4 is 0 Å². The van der Waals surface area contributed by atoms with Crippen LogP contribution in [0.25, 0.3) is 11.4 Å². The third-order valence-electron chi connectivity index (χ3n) is 2.65. The fourth-order valence-corrected chi connectivity index (χ4v) is 1.71. The van der Waals surface area contributed by atoms with E-state index >= 15 is 0 Å².